The van der Waals surface area contributed by atoms with Crippen molar-refractivity contribution in [2.24, 2.45) is 16.5 Å². The van der Waals surface area contributed by atoms with E-state index < -0.39 is 0 Å². The zero-order chi connectivity index (χ0) is 13.6. The van der Waals surface area contributed by atoms with Crippen LogP contribution in [0.25, 0.3) is 0 Å². The molecule has 0 atom stereocenters. The fraction of sp³-hybridized carbons (Fsp3) is 0.538. The van der Waals surface area contributed by atoms with Crippen LogP contribution < -0.4 is 5.90 Å². The average Bonchev–Trinajstić information content (AvgIpc) is 2.28. The van der Waals surface area contributed by atoms with Crippen molar-refractivity contribution in [3.05, 3.63) is 29.6 Å². The van der Waals surface area contributed by atoms with Gasteiger partial charge in [-0.2, -0.15) is 0 Å². The van der Waals surface area contributed by atoms with Crippen LogP contribution in [0.5, 0.6) is 0 Å². The van der Waals surface area contributed by atoms with Gasteiger partial charge in [0.1, 0.15) is 12.3 Å². The summed E-state index contributed by atoms with van der Waals surface area (Å²) in [7, 11) is 0. The molecule has 0 aromatic carbocycles. The first kappa shape index (κ1) is 14.6. The fourth-order valence-corrected chi connectivity index (χ4v) is 1.36. The molecule has 1 aromatic heterocycles. The third-order valence-electron chi connectivity index (χ3n) is 2.39. The van der Waals surface area contributed by atoms with Crippen molar-refractivity contribution < 1.29 is 9.68 Å². The van der Waals surface area contributed by atoms with Crippen molar-refractivity contribution in [2.75, 3.05) is 13.2 Å². The van der Waals surface area contributed by atoms with Gasteiger partial charge in [-0.1, -0.05) is 25.1 Å². The van der Waals surface area contributed by atoms with Gasteiger partial charge in [-0.3, -0.25) is 4.98 Å². The third kappa shape index (κ3) is 4.81. The van der Waals surface area contributed by atoms with Gasteiger partial charge in [-0.15, -0.1) is 0 Å². The molecule has 0 saturated heterocycles. The fourth-order valence-electron chi connectivity index (χ4n) is 1.36. The lowest BCUT2D eigenvalue weighted by Gasteiger charge is -2.20. The Balaban J connectivity index is 2.57. The van der Waals surface area contributed by atoms with Gasteiger partial charge < -0.3 is 9.68 Å². The summed E-state index contributed by atoms with van der Waals surface area (Å²) in [5, 5.41) is 4.06. The summed E-state index contributed by atoms with van der Waals surface area (Å²) >= 11 is 0. The van der Waals surface area contributed by atoms with E-state index in [1.165, 1.54) is 0 Å². The molecule has 1 aromatic rings. The molecule has 0 aliphatic rings. The Morgan fingerprint density at radius 3 is 2.72 bits per heavy atom. The van der Waals surface area contributed by atoms with Crippen LogP contribution in [0.1, 0.15) is 32.2 Å². The van der Waals surface area contributed by atoms with Crippen LogP contribution in [-0.4, -0.2) is 23.9 Å². The molecule has 1 heterocycles. The van der Waals surface area contributed by atoms with Crippen molar-refractivity contribution >= 4 is 5.71 Å². The first-order chi connectivity index (χ1) is 8.44. The predicted molar refractivity (Wildman–Crippen MR) is 71.1 cm³/mol. The van der Waals surface area contributed by atoms with Gasteiger partial charge in [0, 0.05) is 11.1 Å². The summed E-state index contributed by atoms with van der Waals surface area (Å²) in [6.07, 6.45) is 0. The quantitative estimate of drug-likeness (QED) is 0.620. The lowest BCUT2D eigenvalue weighted by atomic mass is 9.97. The summed E-state index contributed by atoms with van der Waals surface area (Å²) < 4.78 is 0. The van der Waals surface area contributed by atoms with E-state index >= 15 is 0 Å². The molecule has 5 heteroatoms. The van der Waals surface area contributed by atoms with Gasteiger partial charge in [-0.25, -0.2) is 5.90 Å². The molecule has 5 nitrogen and oxygen atoms in total. The molecule has 0 saturated carbocycles. The number of oxime groups is 1. The van der Waals surface area contributed by atoms with E-state index in [2.05, 4.69) is 15.0 Å². The Labute approximate surface area is 108 Å². The molecule has 2 N–H and O–H groups in total. The molecule has 0 fully saturated rings. The highest BCUT2D eigenvalue weighted by atomic mass is 16.6. The highest BCUT2D eigenvalue weighted by molar-refractivity contribution is 5.96. The number of aryl methyl sites for hydroxylation is 1. The molecule has 0 unspecified atom stereocenters. The molecule has 18 heavy (non-hydrogen) atoms. The van der Waals surface area contributed by atoms with Crippen LogP contribution in [0, 0.1) is 12.3 Å². The van der Waals surface area contributed by atoms with Crippen molar-refractivity contribution in [3.8, 4) is 0 Å². The van der Waals surface area contributed by atoms with Crippen LogP contribution in [0.3, 0.4) is 0 Å². The normalized spacial score (nSPS) is 12.6. The lowest BCUT2D eigenvalue weighted by molar-refractivity contribution is -0.00235. The summed E-state index contributed by atoms with van der Waals surface area (Å²) in [6.45, 7) is 8.66. The van der Waals surface area contributed by atoms with Gasteiger partial charge in [0.15, 0.2) is 0 Å². The van der Waals surface area contributed by atoms with Crippen LogP contribution >= 0.6 is 0 Å². The summed E-state index contributed by atoms with van der Waals surface area (Å²) in [6, 6.07) is 5.80. The van der Waals surface area contributed by atoms with E-state index in [9.17, 15) is 0 Å². The molecule has 0 amide bonds. The second kappa shape index (κ2) is 6.47. The second-order valence-electron chi connectivity index (χ2n) is 5.09. The van der Waals surface area contributed by atoms with Gasteiger partial charge >= 0.3 is 0 Å². The maximum Gasteiger partial charge on any atom is 0.124 e. The summed E-state index contributed by atoms with van der Waals surface area (Å²) in [5.74, 6) is 5.05. The first-order valence-corrected chi connectivity index (χ1v) is 5.87. The number of nitrogens with two attached hydrogens (primary N) is 1. The highest BCUT2D eigenvalue weighted by Gasteiger charge is 2.19. The number of nitrogens with zero attached hydrogens (tertiary/aromatic N) is 2. The smallest absolute Gasteiger partial charge is 0.124 e. The zero-order valence-electron chi connectivity index (χ0n) is 11.4. The minimum Gasteiger partial charge on any atom is -0.395 e. The van der Waals surface area contributed by atoms with Gasteiger partial charge in [0.05, 0.1) is 12.3 Å². The Morgan fingerprint density at radius 1 is 1.39 bits per heavy atom. The average molecular weight is 251 g/mol. The SMILES string of the molecule is C/C(=N\OCC(C)(C)CON)c1cccc(C)n1. The minimum absolute atomic E-state index is 0.168. The van der Waals surface area contributed by atoms with Gasteiger partial charge in [-0.05, 0) is 26.0 Å². The Morgan fingerprint density at radius 2 is 2.11 bits per heavy atom. The first-order valence-electron chi connectivity index (χ1n) is 5.87. The minimum atomic E-state index is -0.168. The molecular formula is C13H21N3O2. The molecule has 1 rings (SSSR count). The Hall–Kier alpha value is -1.46. The van der Waals surface area contributed by atoms with E-state index in [1.54, 1.807) is 0 Å². The number of pyridine rings is 1. The molecule has 0 aliphatic heterocycles. The molecule has 0 bridgehead atoms. The second-order valence-corrected chi connectivity index (χ2v) is 5.09. The molecular weight excluding hydrogens is 230 g/mol. The predicted octanol–water partition coefficient (Wildman–Crippen LogP) is 2.05. The van der Waals surface area contributed by atoms with Crippen LogP contribution in [0.4, 0.5) is 0 Å². The van der Waals surface area contributed by atoms with E-state index in [0.29, 0.717) is 13.2 Å². The number of rotatable bonds is 6. The summed E-state index contributed by atoms with van der Waals surface area (Å²) in [5.41, 5.74) is 2.36. The Bertz CT molecular complexity index is 416. The van der Waals surface area contributed by atoms with Gasteiger partial charge in [0.25, 0.3) is 0 Å². The van der Waals surface area contributed by atoms with Crippen molar-refractivity contribution in [1.82, 2.24) is 4.98 Å². The topological polar surface area (TPSA) is 69.7 Å². The Kier molecular flexibility index (Phi) is 5.25. The summed E-state index contributed by atoms with van der Waals surface area (Å²) in [4.78, 5) is 14.3. The van der Waals surface area contributed by atoms with Crippen LogP contribution in [0.15, 0.2) is 23.4 Å². The molecule has 0 aliphatic carbocycles. The lowest BCUT2D eigenvalue weighted by Crippen LogP contribution is -2.26. The maximum atomic E-state index is 5.32. The van der Waals surface area contributed by atoms with E-state index in [-0.39, 0.29) is 5.41 Å². The van der Waals surface area contributed by atoms with Gasteiger partial charge in [0.2, 0.25) is 0 Å². The standard InChI is InChI=1S/C13H21N3O2/c1-10-6-5-7-12(15-10)11(2)16-18-9-13(3,4)8-17-14/h5-7H,8-9,14H2,1-4H3/b16-11+. The van der Waals surface area contributed by atoms with Crippen molar-refractivity contribution in [3.63, 3.8) is 0 Å². The van der Waals surface area contributed by atoms with E-state index in [0.717, 1.165) is 17.1 Å². The monoisotopic (exact) mass is 251 g/mol. The largest absolute Gasteiger partial charge is 0.395 e. The van der Waals surface area contributed by atoms with E-state index in [4.69, 9.17) is 10.7 Å². The third-order valence-corrected chi connectivity index (χ3v) is 2.39. The van der Waals surface area contributed by atoms with Crippen LogP contribution in [-0.2, 0) is 9.68 Å². The number of aromatic nitrogens is 1. The maximum absolute atomic E-state index is 5.32. The van der Waals surface area contributed by atoms with Crippen molar-refractivity contribution in [1.29, 1.82) is 0 Å². The highest BCUT2D eigenvalue weighted by Crippen LogP contribution is 2.15. The molecule has 0 spiro atoms. The van der Waals surface area contributed by atoms with Crippen LogP contribution in [0.2, 0.25) is 0 Å². The molecule has 0 radical (unpaired) electrons. The number of hydrogen-bond acceptors (Lipinski definition) is 5. The molecule has 100 valence electrons. The van der Waals surface area contributed by atoms with Crippen molar-refractivity contribution in [2.45, 2.75) is 27.7 Å². The number of hydrogen-bond donors (Lipinski definition) is 1. The van der Waals surface area contributed by atoms with E-state index in [1.807, 2.05) is 45.9 Å². The zero-order valence-corrected chi connectivity index (χ0v) is 11.4.